The normalized spacial score (nSPS) is 15.7. The van der Waals surface area contributed by atoms with Crippen LogP contribution in [0, 0.1) is 13.8 Å². The molecular formula is C15H20N4O2S2. The van der Waals surface area contributed by atoms with Gasteiger partial charge in [0.1, 0.15) is 4.88 Å². The van der Waals surface area contributed by atoms with Gasteiger partial charge in [-0.05, 0) is 26.7 Å². The van der Waals surface area contributed by atoms with E-state index in [9.17, 15) is 4.79 Å². The summed E-state index contributed by atoms with van der Waals surface area (Å²) >= 11 is 2.81. The maximum Gasteiger partial charge on any atom is 0.277 e. The van der Waals surface area contributed by atoms with Crippen LogP contribution in [0.1, 0.15) is 42.8 Å². The molecule has 1 aliphatic carbocycles. The summed E-state index contributed by atoms with van der Waals surface area (Å²) in [4.78, 5) is 17.2. The lowest BCUT2D eigenvalue weighted by molar-refractivity contribution is -0.119. The van der Waals surface area contributed by atoms with E-state index in [1.54, 1.807) is 0 Å². The number of hydrogen-bond donors (Lipinski definition) is 1. The van der Waals surface area contributed by atoms with E-state index < -0.39 is 0 Å². The van der Waals surface area contributed by atoms with Crippen LogP contribution in [0.3, 0.4) is 0 Å². The van der Waals surface area contributed by atoms with Gasteiger partial charge in [-0.1, -0.05) is 31.0 Å². The first-order valence-corrected chi connectivity index (χ1v) is 9.62. The number of aryl methyl sites for hydroxylation is 2. The van der Waals surface area contributed by atoms with E-state index in [1.807, 2.05) is 13.8 Å². The van der Waals surface area contributed by atoms with Crippen LogP contribution in [0.5, 0.6) is 0 Å². The molecule has 1 aliphatic rings. The van der Waals surface area contributed by atoms with Gasteiger partial charge in [-0.15, -0.1) is 21.5 Å². The molecule has 0 unspecified atom stereocenters. The van der Waals surface area contributed by atoms with Crippen LogP contribution in [0.2, 0.25) is 0 Å². The Morgan fingerprint density at radius 3 is 2.78 bits per heavy atom. The molecule has 3 rings (SSSR count). The zero-order valence-electron chi connectivity index (χ0n) is 13.3. The van der Waals surface area contributed by atoms with E-state index >= 15 is 0 Å². The number of carbonyl (C=O) groups excluding carboxylic acids is 1. The van der Waals surface area contributed by atoms with Crippen LogP contribution in [-0.4, -0.2) is 32.9 Å². The van der Waals surface area contributed by atoms with E-state index in [1.165, 1.54) is 42.4 Å². The number of aromatic nitrogens is 3. The first-order valence-electron chi connectivity index (χ1n) is 7.82. The summed E-state index contributed by atoms with van der Waals surface area (Å²) in [7, 11) is 0. The average Bonchev–Trinajstić information content (AvgIpc) is 3.12. The van der Waals surface area contributed by atoms with Crippen molar-refractivity contribution >= 4 is 29.0 Å². The smallest absolute Gasteiger partial charge is 0.277 e. The van der Waals surface area contributed by atoms with Gasteiger partial charge in [-0.25, -0.2) is 4.98 Å². The molecule has 2 aromatic rings. The summed E-state index contributed by atoms with van der Waals surface area (Å²) < 4.78 is 5.64. The molecule has 0 aromatic carbocycles. The molecule has 1 N–H and O–H groups in total. The minimum atomic E-state index is 0.0338. The minimum Gasteiger partial charge on any atom is -0.410 e. The highest BCUT2D eigenvalue weighted by Gasteiger charge is 2.18. The summed E-state index contributed by atoms with van der Waals surface area (Å²) in [6.07, 6.45) is 5.87. The summed E-state index contributed by atoms with van der Waals surface area (Å²) in [6, 6.07) is 0.331. The average molecular weight is 352 g/mol. The molecular weight excluding hydrogens is 332 g/mol. The Morgan fingerprint density at radius 2 is 2.09 bits per heavy atom. The molecule has 23 heavy (non-hydrogen) atoms. The first-order chi connectivity index (χ1) is 11.1. The van der Waals surface area contributed by atoms with Crippen molar-refractivity contribution in [3.63, 3.8) is 0 Å². The Balaban J connectivity index is 1.53. The predicted molar refractivity (Wildman–Crippen MR) is 90.6 cm³/mol. The molecule has 1 amide bonds. The number of nitrogens with one attached hydrogen (secondary N) is 1. The van der Waals surface area contributed by atoms with Crippen molar-refractivity contribution in [2.24, 2.45) is 0 Å². The highest BCUT2D eigenvalue weighted by Crippen LogP contribution is 2.30. The highest BCUT2D eigenvalue weighted by molar-refractivity contribution is 7.99. The van der Waals surface area contributed by atoms with Crippen LogP contribution in [-0.2, 0) is 4.79 Å². The van der Waals surface area contributed by atoms with Crippen LogP contribution in [0.15, 0.2) is 9.64 Å². The van der Waals surface area contributed by atoms with Gasteiger partial charge in [-0.2, -0.15) is 0 Å². The van der Waals surface area contributed by atoms with E-state index in [-0.39, 0.29) is 5.91 Å². The number of amides is 1. The van der Waals surface area contributed by atoms with Crippen molar-refractivity contribution in [2.75, 3.05) is 5.75 Å². The fourth-order valence-electron chi connectivity index (χ4n) is 2.73. The molecule has 8 heteroatoms. The molecule has 1 fully saturated rings. The number of nitrogens with zero attached hydrogens (tertiary/aromatic N) is 3. The zero-order valence-corrected chi connectivity index (χ0v) is 14.9. The maximum atomic E-state index is 12.0. The third kappa shape index (κ3) is 4.32. The molecule has 0 atom stereocenters. The van der Waals surface area contributed by atoms with E-state index in [0.29, 0.717) is 22.9 Å². The number of rotatable bonds is 5. The number of thiazole rings is 1. The van der Waals surface area contributed by atoms with Crippen molar-refractivity contribution in [1.29, 1.82) is 0 Å². The molecule has 6 nitrogen and oxygen atoms in total. The summed E-state index contributed by atoms with van der Waals surface area (Å²) in [5.41, 5.74) is 0.891. The minimum absolute atomic E-state index is 0.0338. The van der Waals surface area contributed by atoms with Gasteiger partial charge in [-0.3, -0.25) is 4.79 Å². The van der Waals surface area contributed by atoms with Gasteiger partial charge < -0.3 is 9.73 Å². The second-order valence-corrected chi connectivity index (χ2v) is 7.84. The van der Waals surface area contributed by atoms with Crippen LogP contribution < -0.4 is 5.32 Å². The Kier molecular flexibility index (Phi) is 5.32. The molecule has 0 saturated heterocycles. The Morgan fingerprint density at radius 1 is 1.30 bits per heavy atom. The summed E-state index contributed by atoms with van der Waals surface area (Å²) in [5, 5.41) is 12.5. The highest BCUT2D eigenvalue weighted by atomic mass is 32.2. The Hall–Kier alpha value is -1.41. The van der Waals surface area contributed by atoms with Crippen molar-refractivity contribution in [1.82, 2.24) is 20.5 Å². The predicted octanol–water partition coefficient (Wildman–Crippen LogP) is 3.35. The zero-order chi connectivity index (χ0) is 16.2. The molecule has 124 valence electrons. The van der Waals surface area contributed by atoms with Gasteiger partial charge >= 0.3 is 0 Å². The SMILES string of the molecule is Cc1nc(C)c(-c2nnc(SCC(=O)NC3CCCCC3)o2)s1. The molecule has 0 aliphatic heterocycles. The van der Waals surface area contributed by atoms with Crippen LogP contribution in [0.4, 0.5) is 0 Å². The third-order valence-electron chi connectivity index (χ3n) is 3.80. The fraction of sp³-hybridized carbons (Fsp3) is 0.600. The lowest BCUT2D eigenvalue weighted by Crippen LogP contribution is -2.37. The standard InChI is InChI=1S/C15H20N4O2S2/c1-9-13(23-10(2)16-9)14-18-19-15(21-14)22-8-12(20)17-11-6-4-3-5-7-11/h11H,3-8H2,1-2H3,(H,17,20). The Bertz CT molecular complexity index is 677. The molecule has 0 radical (unpaired) electrons. The van der Waals surface area contributed by atoms with Crippen molar-refractivity contribution in [3.8, 4) is 10.8 Å². The number of hydrogen-bond acceptors (Lipinski definition) is 7. The van der Waals surface area contributed by atoms with E-state index in [4.69, 9.17) is 4.42 Å². The molecule has 2 aromatic heterocycles. The van der Waals surface area contributed by atoms with Gasteiger partial charge in [0, 0.05) is 6.04 Å². The van der Waals surface area contributed by atoms with Crippen LogP contribution >= 0.6 is 23.1 Å². The van der Waals surface area contributed by atoms with Crippen molar-refractivity contribution in [2.45, 2.75) is 57.2 Å². The second-order valence-electron chi connectivity index (χ2n) is 5.71. The lowest BCUT2D eigenvalue weighted by atomic mass is 9.95. The number of carbonyl (C=O) groups is 1. The monoisotopic (exact) mass is 352 g/mol. The molecule has 0 bridgehead atoms. The second kappa shape index (κ2) is 7.44. The van der Waals surface area contributed by atoms with Crippen LogP contribution in [0.25, 0.3) is 10.8 Å². The Labute approximate surface area is 143 Å². The van der Waals surface area contributed by atoms with Crippen molar-refractivity contribution in [3.05, 3.63) is 10.7 Å². The van der Waals surface area contributed by atoms with Gasteiger partial charge in [0.2, 0.25) is 5.91 Å². The molecule has 0 spiro atoms. The molecule has 2 heterocycles. The largest absolute Gasteiger partial charge is 0.410 e. The first kappa shape index (κ1) is 16.4. The topological polar surface area (TPSA) is 80.9 Å². The summed E-state index contributed by atoms with van der Waals surface area (Å²) in [5.74, 6) is 0.813. The van der Waals surface area contributed by atoms with E-state index in [0.717, 1.165) is 28.4 Å². The number of thioether (sulfide) groups is 1. The maximum absolute atomic E-state index is 12.0. The molecule has 1 saturated carbocycles. The van der Waals surface area contributed by atoms with Gasteiger partial charge in [0.15, 0.2) is 0 Å². The quantitative estimate of drug-likeness (QED) is 0.831. The lowest BCUT2D eigenvalue weighted by Gasteiger charge is -2.22. The van der Waals surface area contributed by atoms with E-state index in [2.05, 4.69) is 20.5 Å². The fourth-order valence-corrected chi connectivity index (χ4v) is 4.15. The van der Waals surface area contributed by atoms with Gasteiger partial charge in [0.25, 0.3) is 11.1 Å². The third-order valence-corrected chi connectivity index (χ3v) is 5.68. The summed E-state index contributed by atoms with van der Waals surface area (Å²) in [6.45, 7) is 3.87. The van der Waals surface area contributed by atoms with Crippen molar-refractivity contribution < 1.29 is 9.21 Å². The van der Waals surface area contributed by atoms with Gasteiger partial charge in [0.05, 0.1) is 16.5 Å².